The Bertz CT molecular complexity index is 416. The second-order valence-corrected chi connectivity index (χ2v) is 7.22. The van der Waals surface area contributed by atoms with E-state index in [-0.39, 0.29) is 5.91 Å². The Morgan fingerprint density at radius 3 is 2.60 bits per heavy atom. The standard InChI is InChI=1S/C16H23IN2O/c1-18(16(20)14-6-3-2-4-7-14)10-5-11-19-12-8-15(17)9-13-19/h2-4,6-7,15H,5,8-13H2,1H3. The van der Waals surface area contributed by atoms with Crippen molar-refractivity contribution >= 4 is 28.5 Å². The summed E-state index contributed by atoms with van der Waals surface area (Å²) in [5.41, 5.74) is 0.778. The van der Waals surface area contributed by atoms with E-state index in [4.69, 9.17) is 0 Å². The summed E-state index contributed by atoms with van der Waals surface area (Å²) in [7, 11) is 1.90. The molecular weight excluding hydrogens is 363 g/mol. The molecule has 2 rings (SSSR count). The van der Waals surface area contributed by atoms with Gasteiger partial charge in [-0.25, -0.2) is 0 Å². The van der Waals surface area contributed by atoms with Gasteiger partial charge in [0.15, 0.2) is 0 Å². The Balaban J connectivity index is 1.70. The second-order valence-electron chi connectivity index (χ2n) is 5.46. The summed E-state index contributed by atoms with van der Waals surface area (Å²) in [4.78, 5) is 16.5. The lowest BCUT2D eigenvalue weighted by Crippen LogP contribution is -2.36. The van der Waals surface area contributed by atoms with Gasteiger partial charge in [-0.15, -0.1) is 0 Å². The van der Waals surface area contributed by atoms with Gasteiger partial charge in [0.1, 0.15) is 0 Å². The molecule has 3 nitrogen and oxygen atoms in total. The normalized spacial score (nSPS) is 17.1. The molecule has 1 saturated heterocycles. The van der Waals surface area contributed by atoms with Crippen molar-refractivity contribution in [2.24, 2.45) is 0 Å². The van der Waals surface area contributed by atoms with E-state index in [1.807, 2.05) is 42.3 Å². The molecule has 0 saturated carbocycles. The van der Waals surface area contributed by atoms with Gasteiger partial charge in [-0.1, -0.05) is 40.8 Å². The summed E-state index contributed by atoms with van der Waals surface area (Å²) in [6.07, 6.45) is 3.67. The van der Waals surface area contributed by atoms with Gasteiger partial charge in [-0.05, 0) is 51.0 Å². The van der Waals surface area contributed by atoms with E-state index in [9.17, 15) is 4.79 Å². The van der Waals surface area contributed by atoms with Crippen molar-refractivity contribution in [2.45, 2.75) is 23.2 Å². The van der Waals surface area contributed by atoms with Crippen LogP contribution in [0.1, 0.15) is 29.6 Å². The van der Waals surface area contributed by atoms with E-state index in [0.717, 1.165) is 29.0 Å². The Morgan fingerprint density at radius 2 is 1.95 bits per heavy atom. The van der Waals surface area contributed by atoms with Gasteiger partial charge in [0.2, 0.25) is 0 Å². The number of alkyl halides is 1. The van der Waals surface area contributed by atoms with Gasteiger partial charge in [-0.3, -0.25) is 4.79 Å². The first-order chi connectivity index (χ1) is 9.66. The number of carbonyl (C=O) groups excluding carboxylic acids is 1. The molecule has 1 aromatic rings. The molecule has 0 aromatic heterocycles. The molecule has 1 aliphatic rings. The van der Waals surface area contributed by atoms with Gasteiger partial charge >= 0.3 is 0 Å². The Kier molecular flexibility index (Phi) is 6.29. The second kappa shape index (κ2) is 7.98. The summed E-state index contributed by atoms with van der Waals surface area (Å²) in [6.45, 7) is 4.36. The number of likely N-dealkylation sites (tertiary alicyclic amines) is 1. The van der Waals surface area contributed by atoms with Gasteiger partial charge in [0.25, 0.3) is 5.91 Å². The number of hydrogen-bond acceptors (Lipinski definition) is 2. The van der Waals surface area contributed by atoms with Crippen LogP contribution in [0.25, 0.3) is 0 Å². The van der Waals surface area contributed by atoms with Gasteiger partial charge in [0, 0.05) is 23.1 Å². The van der Waals surface area contributed by atoms with Crippen LogP contribution in [-0.2, 0) is 0 Å². The summed E-state index contributed by atoms with van der Waals surface area (Å²) in [6, 6.07) is 9.52. The minimum Gasteiger partial charge on any atom is -0.342 e. The molecule has 0 radical (unpaired) electrons. The fraction of sp³-hybridized carbons (Fsp3) is 0.562. The van der Waals surface area contributed by atoms with Crippen molar-refractivity contribution in [1.82, 2.24) is 9.80 Å². The van der Waals surface area contributed by atoms with Gasteiger partial charge in [-0.2, -0.15) is 0 Å². The third kappa shape index (κ3) is 4.74. The number of hydrogen-bond donors (Lipinski definition) is 0. The zero-order valence-corrected chi connectivity index (χ0v) is 14.3. The van der Waals surface area contributed by atoms with E-state index in [1.165, 1.54) is 25.9 Å². The smallest absolute Gasteiger partial charge is 0.253 e. The maximum atomic E-state index is 12.2. The van der Waals surface area contributed by atoms with Crippen molar-refractivity contribution < 1.29 is 4.79 Å². The lowest BCUT2D eigenvalue weighted by molar-refractivity contribution is 0.0787. The van der Waals surface area contributed by atoms with Gasteiger partial charge < -0.3 is 9.80 Å². The minimum absolute atomic E-state index is 0.122. The molecule has 0 spiro atoms. The van der Waals surface area contributed by atoms with Crippen molar-refractivity contribution in [2.75, 3.05) is 33.2 Å². The average molecular weight is 386 g/mol. The predicted molar refractivity (Wildman–Crippen MR) is 91.5 cm³/mol. The van der Waals surface area contributed by atoms with Crippen molar-refractivity contribution in [3.8, 4) is 0 Å². The number of amides is 1. The zero-order valence-electron chi connectivity index (χ0n) is 12.1. The third-order valence-electron chi connectivity index (χ3n) is 3.85. The van der Waals surface area contributed by atoms with Crippen LogP contribution in [0.5, 0.6) is 0 Å². The highest BCUT2D eigenvalue weighted by Crippen LogP contribution is 2.17. The number of rotatable bonds is 5. The van der Waals surface area contributed by atoms with Crippen LogP contribution in [0.3, 0.4) is 0 Å². The van der Waals surface area contributed by atoms with Crippen LogP contribution in [0, 0.1) is 0 Å². The fourth-order valence-corrected chi connectivity index (χ4v) is 3.12. The lowest BCUT2D eigenvalue weighted by Gasteiger charge is -2.30. The highest BCUT2D eigenvalue weighted by atomic mass is 127. The number of piperidine rings is 1. The van der Waals surface area contributed by atoms with Crippen LogP contribution in [0.15, 0.2) is 30.3 Å². The third-order valence-corrected chi connectivity index (χ3v) is 5.10. The molecule has 0 unspecified atom stereocenters. The first kappa shape index (κ1) is 15.8. The largest absolute Gasteiger partial charge is 0.342 e. The molecule has 1 aromatic carbocycles. The number of carbonyl (C=O) groups is 1. The summed E-state index contributed by atoms with van der Waals surface area (Å²) in [5, 5.41) is 0. The van der Waals surface area contributed by atoms with Crippen LogP contribution in [0.2, 0.25) is 0 Å². The SMILES string of the molecule is CN(CCCN1CCC(I)CC1)C(=O)c1ccccc1. The van der Waals surface area contributed by atoms with E-state index >= 15 is 0 Å². The minimum atomic E-state index is 0.122. The Morgan fingerprint density at radius 1 is 1.30 bits per heavy atom. The monoisotopic (exact) mass is 386 g/mol. The number of benzene rings is 1. The maximum Gasteiger partial charge on any atom is 0.253 e. The maximum absolute atomic E-state index is 12.2. The molecule has 0 N–H and O–H groups in total. The van der Waals surface area contributed by atoms with Gasteiger partial charge in [0.05, 0.1) is 0 Å². The zero-order chi connectivity index (χ0) is 14.4. The quantitative estimate of drug-likeness (QED) is 0.574. The molecule has 110 valence electrons. The lowest BCUT2D eigenvalue weighted by atomic mass is 10.1. The van der Waals surface area contributed by atoms with E-state index in [2.05, 4.69) is 27.5 Å². The molecule has 1 amide bonds. The molecule has 20 heavy (non-hydrogen) atoms. The van der Waals surface area contributed by atoms with E-state index in [0.29, 0.717) is 0 Å². The average Bonchev–Trinajstić information content (AvgIpc) is 2.49. The van der Waals surface area contributed by atoms with Crippen molar-refractivity contribution in [3.63, 3.8) is 0 Å². The molecule has 0 bridgehead atoms. The van der Waals surface area contributed by atoms with Crippen molar-refractivity contribution in [3.05, 3.63) is 35.9 Å². The molecule has 0 atom stereocenters. The predicted octanol–water partition coefficient (Wildman–Crippen LogP) is 3.05. The fourth-order valence-electron chi connectivity index (χ4n) is 2.56. The summed E-state index contributed by atoms with van der Waals surface area (Å²) >= 11 is 2.55. The number of nitrogens with zero attached hydrogens (tertiary/aromatic N) is 2. The van der Waals surface area contributed by atoms with E-state index in [1.54, 1.807) is 0 Å². The van der Waals surface area contributed by atoms with Crippen LogP contribution in [-0.4, -0.2) is 52.9 Å². The molecule has 1 fully saturated rings. The first-order valence-corrected chi connectivity index (χ1v) is 8.58. The molecule has 1 aliphatic heterocycles. The van der Waals surface area contributed by atoms with Crippen LogP contribution >= 0.6 is 22.6 Å². The molecule has 4 heteroatoms. The van der Waals surface area contributed by atoms with Crippen molar-refractivity contribution in [1.29, 1.82) is 0 Å². The highest BCUT2D eigenvalue weighted by Gasteiger charge is 2.17. The molecule has 0 aliphatic carbocycles. The Hall–Kier alpha value is -0.620. The molecule has 1 heterocycles. The Labute approximate surface area is 135 Å². The highest BCUT2D eigenvalue weighted by molar-refractivity contribution is 14.1. The molecular formula is C16H23IN2O. The summed E-state index contributed by atoms with van der Waals surface area (Å²) in [5.74, 6) is 0.122. The van der Waals surface area contributed by atoms with E-state index < -0.39 is 0 Å². The van der Waals surface area contributed by atoms with Crippen LogP contribution < -0.4 is 0 Å². The number of halogens is 1. The summed E-state index contributed by atoms with van der Waals surface area (Å²) < 4.78 is 0.853. The first-order valence-electron chi connectivity index (χ1n) is 7.34. The van der Waals surface area contributed by atoms with Crippen LogP contribution in [0.4, 0.5) is 0 Å². The topological polar surface area (TPSA) is 23.6 Å².